The summed E-state index contributed by atoms with van der Waals surface area (Å²) in [6.07, 6.45) is 5.27. The zero-order valence-corrected chi connectivity index (χ0v) is 22.8. The van der Waals surface area contributed by atoms with Crippen molar-refractivity contribution < 1.29 is 16.8 Å². The summed E-state index contributed by atoms with van der Waals surface area (Å²) in [7, 11) is -7.90. The van der Waals surface area contributed by atoms with Crippen LogP contribution in [0.4, 0.5) is 0 Å². The van der Waals surface area contributed by atoms with Gasteiger partial charge in [0, 0.05) is 11.8 Å². The minimum absolute atomic E-state index is 0.200. The summed E-state index contributed by atoms with van der Waals surface area (Å²) in [5.74, 6) is -0.0823. The van der Waals surface area contributed by atoms with Gasteiger partial charge in [0.05, 0.1) is 20.3 Å². The molecule has 0 N–H and O–H groups in total. The van der Waals surface area contributed by atoms with Crippen molar-refractivity contribution in [3.8, 4) is 0 Å². The van der Waals surface area contributed by atoms with E-state index >= 15 is 0 Å². The van der Waals surface area contributed by atoms with E-state index < -0.39 is 42.0 Å². The fourth-order valence-electron chi connectivity index (χ4n) is 7.83. The van der Waals surface area contributed by atoms with Crippen molar-refractivity contribution in [3.05, 3.63) is 113 Å². The molecule has 0 spiro atoms. The second kappa shape index (κ2) is 8.52. The Morgan fingerprint density at radius 3 is 1.53 bits per heavy atom. The van der Waals surface area contributed by atoms with Gasteiger partial charge in [-0.15, -0.1) is 0 Å². The largest absolute Gasteiger partial charge is 0.223 e. The third-order valence-electron chi connectivity index (χ3n) is 9.29. The first-order chi connectivity index (χ1) is 18.3. The Labute approximate surface area is 225 Å². The molecule has 2 fully saturated rings. The lowest BCUT2D eigenvalue weighted by molar-refractivity contribution is 0.494. The first-order valence-corrected chi connectivity index (χ1v) is 16.5. The first-order valence-electron chi connectivity index (χ1n) is 13.4. The molecule has 6 heteroatoms. The van der Waals surface area contributed by atoms with E-state index in [1.54, 1.807) is 60.7 Å². The maximum atomic E-state index is 14.4. The van der Waals surface area contributed by atoms with Crippen molar-refractivity contribution in [2.24, 2.45) is 23.7 Å². The monoisotopic (exact) mass is 542 g/mol. The normalized spacial score (nSPS) is 30.8. The van der Waals surface area contributed by atoms with Crippen LogP contribution in [0.5, 0.6) is 0 Å². The summed E-state index contributed by atoms with van der Waals surface area (Å²) in [4.78, 5) is 0.400. The lowest BCUT2D eigenvalue weighted by Gasteiger charge is -2.35. The van der Waals surface area contributed by atoms with Gasteiger partial charge in [-0.2, -0.15) is 0 Å². The summed E-state index contributed by atoms with van der Waals surface area (Å²) >= 11 is 0. The summed E-state index contributed by atoms with van der Waals surface area (Å²) in [5.41, 5.74) is 5.60. The molecule has 194 valence electrons. The average Bonchev–Trinajstić information content (AvgIpc) is 3.70. The number of benzene rings is 3. The van der Waals surface area contributed by atoms with Gasteiger partial charge in [-0.3, -0.25) is 0 Å². The zero-order valence-electron chi connectivity index (χ0n) is 21.2. The molecule has 0 aliphatic heterocycles. The highest BCUT2D eigenvalue weighted by atomic mass is 32.2. The maximum absolute atomic E-state index is 14.4. The van der Waals surface area contributed by atoms with Gasteiger partial charge in [0.25, 0.3) is 0 Å². The molecule has 38 heavy (non-hydrogen) atoms. The van der Waals surface area contributed by atoms with E-state index in [4.69, 9.17) is 0 Å². The van der Waals surface area contributed by atoms with Crippen molar-refractivity contribution in [1.29, 1.82) is 0 Å². The quantitative estimate of drug-likeness (QED) is 0.291. The molecule has 4 bridgehead atoms. The van der Waals surface area contributed by atoms with Gasteiger partial charge in [-0.25, -0.2) is 16.8 Å². The standard InChI is InChI=1S/C32H30O4S2/c1-20-12-14-21(15-13-20)18-26-29-27-22-16-17-23(19-22)28(27)30(26)32(38(35,36)25-10-6-3-7-11-25)31(29)37(33,34)24-8-4-2-5-9-24/h2-15,18,22-23,29-32H,16-17,19H2,1H3/t22-,23-,29-,30-,31-,32+/m0/s1. The molecule has 4 aliphatic carbocycles. The topological polar surface area (TPSA) is 68.3 Å². The molecule has 0 heterocycles. The number of rotatable bonds is 5. The molecule has 0 unspecified atom stereocenters. The molecule has 4 nitrogen and oxygen atoms in total. The SMILES string of the molecule is Cc1ccc(C=C2[C@H]3C4=C([C@H]5CC[C@H]4C5)[C@H]2[C@H](S(=O)(=O)c2ccccc2)[C@@H]3S(=O)(=O)c2ccccc2)cc1. The Morgan fingerprint density at radius 2 is 1.08 bits per heavy atom. The molecule has 0 aromatic heterocycles. The Bertz CT molecular complexity index is 1580. The second-order valence-electron chi connectivity index (χ2n) is 11.3. The number of hydrogen-bond acceptors (Lipinski definition) is 4. The van der Waals surface area contributed by atoms with Gasteiger partial charge < -0.3 is 0 Å². The number of hydrogen-bond donors (Lipinski definition) is 0. The highest BCUT2D eigenvalue weighted by Gasteiger charge is 2.67. The fourth-order valence-corrected chi connectivity index (χ4v) is 12.8. The van der Waals surface area contributed by atoms with Gasteiger partial charge in [0.15, 0.2) is 19.7 Å². The van der Waals surface area contributed by atoms with Crippen LogP contribution in [0.15, 0.2) is 111 Å². The summed E-state index contributed by atoms with van der Waals surface area (Å²) < 4.78 is 57.7. The van der Waals surface area contributed by atoms with Gasteiger partial charge in [0.2, 0.25) is 0 Å². The number of sulfone groups is 2. The lowest BCUT2D eigenvalue weighted by atomic mass is 9.82. The van der Waals surface area contributed by atoms with Crippen LogP contribution in [-0.2, 0) is 19.7 Å². The highest BCUT2D eigenvalue weighted by molar-refractivity contribution is 7.96. The van der Waals surface area contributed by atoms with Crippen molar-refractivity contribution in [1.82, 2.24) is 0 Å². The van der Waals surface area contributed by atoms with Crippen molar-refractivity contribution in [2.75, 3.05) is 0 Å². The van der Waals surface area contributed by atoms with E-state index in [1.807, 2.05) is 31.2 Å². The van der Waals surface area contributed by atoms with E-state index in [0.717, 1.165) is 36.0 Å². The molecule has 7 rings (SSSR count). The van der Waals surface area contributed by atoms with Crippen molar-refractivity contribution >= 4 is 25.8 Å². The predicted molar refractivity (Wildman–Crippen MR) is 149 cm³/mol. The van der Waals surface area contributed by atoms with Crippen LogP contribution in [0.25, 0.3) is 6.08 Å². The lowest BCUT2D eigenvalue weighted by Crippen LogP contribution is -2.45. The summed E-state index contributed by atoms with van der Waals surface area (Å²) in [6.45, 7) is 2.04. The van der Waals surface area contributed by atoms with Gasteiger partial charge in [-0.05, 0) is 67.9 Å². The van der Waals surface area contributed by atoms with Crippen LogP contribution >= 0.6 is 0 Å². The molecular formula is C32H30O4S2. The maximum Gasteiger partial charge on any atom is 0.183 e. The molecule has 4 aliphatic rings. The minimum Gasteiger partial charge on any atom is -0.223 e. The van der Waals surface area contributed by atoms with Crippen LogP contribution in [0, 0.1) is 30.6 Å². The van der Waals surface area contributed by atoms with Crippen LogP contribution in [-0.4, -0.2) is 27.3 Å². The van der Waals surface area contributed by atoms with E-state index in [9.17, 15) is 16.8 Å². The molecule has 3 aromatic rings. The second-order valence-corrected chi connectivity index (χ2v) is 15.5. The van der Waals surface area contributed by atoms with Crippen LogP contribution in [0.3, 0.4) is 0 Å². The highest BCUT2D eigenvalue weighted by Crippen LogP contribution is 2.68. The molecule has 0 radical (unpaired) electrons. The molecular weight excluding hydrogens is 512 g/mol. The average molecular weight is 543 g/mol. The Hall–Kier alpha value is -2.96. The Balaban J connectivity index is 1.49. The van der Waals surface area contributed by atoms with Crippen LogP contribution < -0.4 is 0 Å². The smallest absolute Gasteiger partial charge is 0.183 e. The van der Waals surface area contributed by atoms with E-state index in [0.29, 0.717) is 11.8 Å². The van der Waals surface area contributed by atoms with E-state index in [-0.39, 0.29) is 9.79 Å². The summed E-state index contributed by atoms with van der Waals surface area (Å²) in [5, 5.41) is -2.09. The molecule has 3 aromatic carbocycles. The van der Waals surface area contributed by atoms with Crippen LogP contribution in [0.2, 0.25) is 0 Å². The molecule has 0 amide bonds. The third kappa shape index (κ3) is 3.39. The first kappa shape index (κ1) is 24.1. The molecule has 2 saturated carbocycles. The Kier molecular flexibility index (Phi) is 5.41. The minimum atomic E-state index is -3.95. The van der Waals surface area contributed by atoms with Crippen LogP contribution in [0.1, 0.15) is 30.4 Å². The van der Waals surface area contributed by atoms with E-state index in [2.05, 4.69) is 6.08 Å². The Morgan fingerprint density at radius 1 is 0.632 bits per heavy atom. The van der Waals surface area contributed by atoms with Gasteiger partial charge >= 0.3 is 0 Å². The molecule has 6 atom stereocenters. The van der Waals surface area contributed by atoms with Gasteiger partial charge in [-0.1, -0.05) is 89.0 Å². The number of fused-ring (bicyclic) bond motifs is 8. The summed E-state index contributed by atoms with van der Waals surface area (Å²) in [6, 6.07) is 25.0. The third-order valence-corrected chi connectivity index (χ3v) is 13.9. The van der Waals surface area contributed by atoms with Crippen molar-refractivity contribution in [2.45, 2.75) is 46.5 Å². The van der Waals surface area contributed by atoms with Crippen molar-refractivity contribution in [3.63, 3.8) is 0 Å². The van der Waals surface area contributed by atoms with Gasteiger partial charge in [0.1, 0.15) is 0 Å². The molecule has 0 saturated heterocycles. The predicted octanol–water partition coefficient (Wildman–Crippen LogP) is 6.05. The number of aryl methyl sites for hydroxylation is 1. The number of allylic oxidation sites excluding steroid dienone is 3. The fraction of sp³-hybridized carbons (Fsp3) is 0.312. The van der Waals surface area contributed by atoms with E-state index in [1.165, 1.54) is 11.1 Å². The zero-order chi connectivity index (χ0) is 26.2.